The number of carbonyl (C=O) groups is 1. The van der Waals surface area contributed by atoms with Crippen LogP contribution in [-0.4, -0.2) is 41.9 Å². The quantitative estimate of drug-likeness (QED) is 0.527. The van der Waals surface area contributed by atoms with Gasteiger partial charge in [-0.3, -0.25) is 14.9 Å². The molecule has 0 aliphatic carbocycles. The maximum Gasteiger partial charge on any atom is 0.269 e. The van der Waals surface area contributed by atoms with Crippen molar-refractivity contribution in [1.29, 1.82) is 0 Å². The van der Waals surface area contributed by atoms with Crippen LogP contribution in [0, 0.1) is 10.1 Å². The molecule has 1 fully saturated rings. The SMILES string of the molecule is O=C(c1ccc(-c2ccccc2)cc1)N1CC[NH+](Cc2ccc([N+](=O)[O-])cc2)CC1. The second kappa shape index (κ2) is 8.88. The van der Waals surface area contributed by atoms with Gasteiger partial charge in [-0.2, -0.15) is 0 Å². The van der Waals surface area contributed by atoms with E-state index in [4.69, 9.17) is 0 Å². The van der Waals surface area contributed by atoms with Crippen molar-refractivity contribution in [2.45, 2.75) is 6.54 Å². The molecule has 0 spiro atoms. The molecule has 1 heterocycles. The van der Waals surface area contributed by atoms with E-state index in [1.165, 1.54) is 4.90 Å². The molecule has 3 aromatic carbocycles. The number of quaternary nitrogens is 1. The van der Waals surface area contributed by atoms with Gasteiger partial charge in [-0.05, 0) is 35.4 Å². The minimum absolute atomic E-state index is 0.0731. The molecule has 0 atom stereocenters. The molecule has 1 aliphatic rings. The van der Waals surface area contributed by atoms with Crippen LogP contribution in [0.4, 0.5) is 5.69 Å². The highest BCUT2D eigenvalue weighted by molar-refractivity contribution is 5.94. The highest BCUT2D eigenvalue weighted by Gasteiger charge is 2.24. The van der Waals surface area contributed by atoms with E-state index >= 15 is 0 Å². The zero-order valence-electron chi connectivity index (χ0n) is 16.7. The summed E-state index contributed by atoms with van der Waals surface area (Å²) in [6.45, 7) is 3.96. The normalized spacial score (nSPS) is 14.5. The summed E-state index contributed by atoms with van der Waals surface area (Å²) < 4.78 is 0. The average Bonchev–Trinajstić information content (AvgIpc) is 2.80. The van der Waals surface area contributed by atoms with Gasteiger partial charge < -0.3 is 9.80 Å². The first kappa shape index (κ1) is 19.8. The second-order valence-corrected chi connectivity index (χ2v) is 7.59. The maximum absolute atomic E-state index is 12.9. The molecular weight excluding hydrogens is 378 g/mol. The number of nitro groups is 1. The predicted molar refractivity (Wildman–Crippen MR) is 115 cm³/mol. The number of piperazine rings is 1. The molecule has 152 valence electrons. The Bertz CT molecular complexity index is 1010. The molecule has 0 saturated carbocycles. The monoisotopic (exact) mass is 402 g/mol. The maximum atomic E-state index is 12.9. The van der Waals surface area contributed by atoms with E-state index in [0.717, 1.165) is 36.3 Å². The average molecular weight is 402 g/mol. The van der Waals surface area contributed by atoms with Crippen molar-refractivity contribution in [3.63, 3.8) is 0 Å². The van der Waals surface area contributed by atoms with Crippen LogP contribution in [0.25, 0.3) is 11.1 Å². The number of nitrogens with one attached hydrogen (secondary N) is 1. The third kappa shape index (κ3) is 4.55. The van der Waals surface area contributed by atoms with Gasteiger partial charge in [0.05, 0.1) is 31.1 Å². The van der Waals surface area contributed by atoms with Crippen LogP contribution in [0.1, 0.15) is 15.9 Å². The molecule has 0 radical (unpaired) electrons. The molecule has 3 aromatic rings. The number of amides is 1. The first-order valence-electron chi connectivity index (χ1n) is 10.1. The smallest absolute Gasteiger partial charge is 0.269 e. The third-order valence-corrected chi connectivity index (χ3v) is 5.60. The largest absolute Gasteiger partial charge is 0.328 e. The molecule has 0 bridgehead atoms. The van der Waals surface area contributed by atoms with E-state index in [-0.39, 0.29) is 16.5 Å². The standard InChI is InChI=1S/C24H23N3O3/c28-24(22-10-8-21(9-11-22)20-4-2-1-3-5-20)26-16-14-25(15-17-26)18-19-6-12-23(13-7-19)27(29)30/h1-13H,14-18H2/p+1. The molecule has 1 saturated heterocycles. The summed E-state index contributed by atoms with van der Waals surface area (Å²) in [4.78, 5) is 26.6. The predicted octanol–water partition coefficient (Wildman–Crippen LogP) is 2.80. The molecule has 6 nitrogen and oxygen atoms in total. The Labute approximate surface area is 175 Å². The van der Waals surface area contributed by atoms with Gasteiger partial charge in [0, 0.05) is 23.3 Å². The van der Waals surface area contributed by atoms with Crippen molar-refractivity contribution >= 4 is 11.6 Å². The third-order valence-electron chi connectivity index (χ3n) is 5.60. The van der Waals surface area contributed by atoms with Gasteiger partial charge in [0.15, 0.2) is 0 Å². The lowest BCUT2D eigenvalue weighted by Gasteiger charge is -2.32. The number of non-ortho nitro benzene ring substituents is 1. The van der Waals surface area contributed by atoms with Crippen LogP contribution in [0.5, 0.6) is 0 Å². The van der Waals surface area contributed by atoms with Gasteiger partial charge in [0.2, 0.25) is 0 Å². The molecule has 0 unspecified atom stereocenters. The van der Waals surface area contributed by atoms with Crippen LogP contribution in [-0.2, 0) is 6.54 Å². The lowest BCUT2D eigenvalue weighted by Crippen LogP contribution is -3.13. The molecule has 1 amide bonds. The molecule has 0 aromatic heterocycles. The summed E-state index contributed by atoms with van der Waals surface area (Å²) in [6.07, 6.45) is 0. The zero-order chi connectivity index (χ0) is 20.9. The van der Waals surface area contributed by atoms with Crippen molar-refractivity contribution in [1.82, 2.24) is 4.90 Å². The molecular formula is C24H24N3O3+. The number of benzene rings is 3. The van der Waals surface area contributed by atoms with Crippen LogP contribution < -0.4 is 4.90 Å². The van der Waals surface area contributed by atoms with Crippen LogP contribution in [0.15, 0.2) is 78.9 Å². The summed E-state index contributed by atoms with van der Waals surface area (Å²) in [5.74, 6) is 0.0731. The molecule has 30 heavy (non-hydrogen) atoms. The van der Waals surface area contributed by atoms with Gasteiger partial charge in [0.1, 0.15) is 6.54 Å². The Morgan fingerprint density at radius 1 is 0.867 bits per heavy atom. The fraction of sp³-hybridized carbons (Fsp3) is 0.208. The fourth-order valence-electron chi connectivity index (χ4n) is 3.85. The Hall–Kier alpha value is -3.51. The van der Waals surface area contributed by atoms with E-state index in [2.05, 4.69) is 12.1 Å². The number of nitro benzene ring substituents is 1. The minimum Gasteiger partial charge on any atom is -0.328 e. The molecule has 4 rings (SSSR count). The van der Waals surface area contributed by atoms with Crippen molar-refractivity contribution in [3.05, 3.63) is 100 Å². The first-order valence-corrected chi connectivity index (χ1v) is 10.1. The summed E-state index contributed by atoms with van der Waals surface area (Å²) in [5.41, 5.74) is 4.15. The van der Waals surface area contributed by atoms with Gasteiger partial charge >= 0.3 is 0 Å². The summed E-state index contributed by atoms with van der Waals surface area (Å²) in [7, 11) is 0. The van der Waals surface area contributed by atoms with E-state index in [9.17, 15) is 14.9 Å². The molecule has 1 N–H and O–H groups in total. The highest BCUT2D eigenvalue weighted by atomic mass is 16.6. The van der Waals surface area contributed by atoms with Crippen molar-refractivity contribution in [2.24, 2.45) is 0 Å². The van der Waals surface area contributed by atoms with Crippen molar-refractivity contribution in [2.75, 3.05) is 26.2 Å². The number of nitrogens with zero attached hydrogens (tertiary/aromatic N) is 2. The zero-order valence-corrected chi connectivity index (χ0v) is 16.7. The fourth-order valence-corrected chi connectivity index (χ4v) is 3.85. The second-order valence-electron chi connectivity index (χ2n) is 7.59. The number of rotatable bonds is 5. The Kier molecular flexibility index (Phi) is 5.86. The lowest BCUT2D eigenvalue weighted by atomic mass is 10.0. The number of hydrogen-bond donors (Lipinski definition) is 1. The van der Waals surface area contributed by atoms with E-state index in [1.54, 1.807) is 12.1 Å². The number of carbonyl (C=O) groups excluding carboxylic acids is 1. The molecule has 1 aliphatic heterocycles. The first-order chi connectivity index (χ1) is 14.6. The number of hydrogen-bond acceptors (Lipinski definition) is 3. The van der Waals surface area contributed by atoms with Gasteiger partial charge in [-0.1, -0.05) is 42.5 Å². The van der Waals surface area contributed by atoms with Gasteiger partial charge in [-0.25, -0.2) is 0 Å². The van der Waals surface area contributed by atoms with E-state index < -0.39 is 0 Å². The van der Waals surface area contributed by atoms with Gasteiger partial charge in [-0.15, -0.1) is 0 Å². The van der Waals surface area contributed by atoms with Crippen molar-refractivity contribution < 1.29 is 14.6 Å². The van der Waals surface area contributed by atoms with E-state index in [1.807, 2.05) is 59.5 Å². The van der Waals surface area contributed by atoms with Gasteiger partial charge in [0.25, 0.3) is 11.6 Å². The van der Waals surface area contributed by atoms with Crippen LogP contribution in [0.2, 0.25) is 0 Å². The lowest BCUT2D eigenvalue weighted by molar-refractivity contribution is -0.917. The topological polar surface area (TPSA) is 67.9 Å². The summed E-state index contributed by atoms with van der Waals surface area (Å²) in [6, 6.07) is 24.7. The Morgan fingerprint density at radius 3 is 2.07 bits per heavy atom. The Balaban J connectivity index is 1.32. The summed E-state index contributed by atoms with van der Waals surface area (Å²) in [5, 5.41) is 10.8. The van der Waals surface area contributed by atoms with E-state index in [0.29, 0.717) is 18.7 Å². The van der Waals surface area contributed by atoms with Crippen LogP contribution in [0.3, 0.4) is 0 Å². The molecule has 6 heteroatoms. The van der Waals surface area contributed by atoms with Crippen LogP contribution >= 0.6 is 0 Å². The van der Waals surface area contributed by atoms with Crippen molar-refractivity contribution in [3.8, 4) is 11.1 Å². The minimum atomic E-state index is -0.382. The highest BCUT2D eigenvalue weighted by Crippen LogP contribution is 2.20. The summed E-state index contributed by atoms with van der Waals surface area (Å²) >= 11 is 0. The Morgan fingerprint density at radius 2 is 1.47 bits per heavy atom.